The van der Waals surface area contributed by atoms with Gasteiger partial charge in [-0.2, -0.15) is 13.2 Å². The monoisotopic (exact) mass is 340 g/mol. The molecule has 0 N–H and O–H groups in total. The molecule has 0 atom stereocenters. The van der Waals surface area contributed by atoms with Crippen LogP contribution in [0.5, 0.6) is 5.75 Å². The molecule has 0 aliphatic heterocycles. The van der Waals surface area contributed by atoms with E-state index >= 15 is 0 Å². The Kier molecular flexibility index (Phi) is 5.21. The summed E-state index contributed by atoms with van der Waals surface area (Å²) in [5.41, 5.74) is 1.60. The molecule has 0 radical (unpaired) electrons. The summed E-state index contributed by atoms with van der Waals surface area (Å²) in [5.74, 6) is -0.115. The molecular weight excluding hydrogens is 320 g/mol. The molecular formula is C19H20F4O. The lowest BCUT2D eigenvalue weighted by Gasteiger charge is -2.17. The molecule has 5 heteroatoms. The van der Waals surface area contributed by atoms with Gasteiger partial charge in [0.1, 0.15) is 11.6 Å². The molecule has 0 unspecified atom stereocenters. The van der Waals surface area contributed by atoms with Crippen LogP contribution in [0.15, 0.2) is 30.3 Å². The number of hydrogen-bond donors (Lipinski definition) is 0. The van der Waals surface area contributed by atoms with E-state index in [0.717, 1.165) is 12.1 Å². The molecule has 2 aromatic carbocycles. The molecule has 0 amide bonds. The van der Waals surface area contributed by atoms with Crippen LogP contribution in [0.2, 0.25) is 0 Å². The minimum absolute atomic E-state index is 0.0471. The standard InChI is InChI=1S/C19H20F4O/c1-5-12-8-13(19(21,22)23)6-7-14(12)16-9-15(11(2)3)17(20)10-18(16)24-4/h6-11H,5H2,1-4H3. The zero-order chi connectivity index (χ0) is 18.1. The maximum absolute atomic E-state index is 14.2. The Labute approximate surface area is 139 Å². The zero-order valence-electron chi connectivity index (χ0n) is 14.1. The number of hydrogen-bond acceptors (Lipinski definition) is 1. The number of halogens is 4. The number of ether oxygens (including phenoxy) is 1. The van der Waals surface area contributed by atoms with Crippen LogP contribution in [0, 0.1) is 5.82 Å². The van der Waals surface area contributed by atoms with Gasteiger partial charge < -0.3 is 4.74 Å². The first-order valence-electron chi connectivity index (χ1n) is 7.77. The predicted octanol–water partition coefficient (Wildman–Crippen LogP) is 6.21. The first-order chi connectivity index (χ1) is 11.2. The van der Waals surface area contributed by atoms with Gasteiger partial charge in [-0.1, -0.05) is 26.8 Å². The van der Waals surface area contributed by atoms with Gasteiger partial charge in [0, 0.05) is 11.6 Å². The van der Waals surface area contributed by atoms with Crippen molar-refractivity contribution in [3.8, 4) is 16.9 Å². The van der Waals surface area contributed by atoms with Gasteiger partial charge in [-0.3, -0.25) is 0 Å². The first kappa shape index (κ1) is 18.3. The third-order valence-electron chi connectivity index (χ3n) is 4.04. The Morgan fingerprint density at radius 1 is 1.04 bits per heavy atom. The van der Waals surface area contributed by atoms with Gasteiger partial charge in [0.05, 0.1) is 12.7 Å². The predicted molar refractivity (Wildman–Crippen MR) is 86.9 cm³/mol. The summed E-state index contributed by atoms with van der Waals surface area (Å²) < 4.78 is 58.2. The Morgan fingerprint density at radius 3 is 2.21 bits per heavy atom. The van der Waals surface area contributed by atoms with Crippen LogP contribution in [-0.4, -0.2) is 7.11 Å². The van der Waals surface area contributed by atoms with Crippen molar-refractivity contribution in [2.45, 2.75) is 39.3 Å². The molecule has 2 aromatic rings. The quantitative estimate of drug-likeness (QED) is 0.602. The number of rotatable bonds is 4. The Bertz CT molecular complexity index is 733. The lowest BCUT2D eigenvalue weighted by atomic mass is 9.91. The summed E-state index contributed by atoms with van der Waals surface area (Å²) in [6.07, 6.45) is -3.96. The van der Waals surface area contributed by atoms with Crippen LogP contribution in [0.4, 0.5) is 17.6 Å². The van der Waals surface area contributed by atoms with Crippen molar-refractivity contribution in [1.82, 2.24) is 0 Å². The molecule has 0 aromatic heterocycles. The highest BCUT2D eigenvalue weighted by Crippen LogP contribution is 2.39. The first-order valence-corrected chi connectivity index (χ1v) is 7.77. The summed E-state index contributed by atoms with van der Waals surface area (Å²) in [4.78, 5) is 0. The normalized spacial score (nSPS) is 11.9. The van der Waals surface area contributed by atoms with E-state index in [4.69, 9.17) is 4.74 Å². The van der Waals surface area contributed by atoms with Crippen LogP contribution in [0.3, 0.4) is 0 Å². The van der Waals surface area contributed by atoms with Gasteiger partial charge in [-0.25, -0.2) is 4.39 Å². The smallest absolute Gasteiger partial charge is 0.416 e. The third-order valence-corrected chi connectivity index (χ3v) is 4.04. The van der Waals surface area contributed by atoms with Crippen LogP contribution >= 0.6 is 0 Å². The minimum atomic E-state index is -4.39. The molecule has 130 valence electrons. The molecule has 0 saturated heterocycles. The maximum Gasteiger partial charge on any atom is 0.416 e. The van der Waals surface area contributed by atoms with E-state index < -0.39 is 11.7 Å². The number of methoxy groups -OCH3 is 1. The zero-order valence-corrected chi connectivity index (χ0v) is 14.1. The Balaban J connectivity index is 2.69. The van der Waals surface area contributed by atoms with E-state index in [1.54, 1.807) is 13.0 Å². The summed E-state index contributed by atoms with van der Waals surface area (Å²) in [5, 5.41) is 0. The van der Waals surface area contributed by atoms with Gasteiger partial charge in [0.25, 0.3) is 0 Å². The molecule has 0 fully saturated rings. The summed E-state index contributed by atoms with van der Waals surface area (Å²) in [6.45, 7) is 5.52. The molecule has 0 heterocycles. The van der Waals surface area contributed by atoms with E-state index in [1.807, 2.05) is 13.8 Å². The van der Waals surface area contributed by atoms with Crippen molar-refractivity contribution in [1.29, 1.82) is 0 Å². The van der Waals surface area contributed by atoms with Crippen molar-refractivity contribution >= 4 is 0 Å². The highest BCUT2D eigenvalue weighted by Gasteiger charge is 2.31. The Morgan fingerprint density at radius 2 is 1.71 bits per heavy atom. The van der Waals surface area contributed by atoms with Crippen LogP contribution in [-0.2, 0) is 12.6 Å². The maximum atomic E-state index is 14.2. The summed E-state index contributed by atoms with van der Waals surface area (Å²) >= 11 is 0. The highest BCUT2D eigenvalue weighted by molar-refractivity contribution is 5.75. The summed E-state index contributed by atoms with van der Waals surface area (Å²) in [7, 11) is 1.42. The molecule has 0 bridgehead atoms. The minimum Gasteiger partial charge on any atom is -0.496 e. The number of benzene rings is 2. The largest absolute Gasteiger partial charge is 0.496 e. The number of aryl methyl sites for hydroxylation is 1. The molecule has 0 saturated carbocycles. The lowest BCUT2D eigenvalue weighted by Crippen LogP contribution is -2.06. The van der Waals surface area contributed by atoms with E-state index in [1.165, 1.54) is 19.2 Å². The third kappa shape index (κ3) is 3.55. The van der Waals surface area contributed by atoms with Gasteiger partial charge in [-0.15, -0.1) is 0 Å². The lowest BCUT2D eigenvalue weighted by molar-refractivity contribution is -0.137. The molecule has 1 nitrogen and oxygen atoms in total. The second-order valence-corrected chi connectivity index (χ2v) is 5.95. The van der Waals surface area contributed by atoms with Gasteiger partial charge in [-0.05, 0) is 47.2 Å². The highest BCUT2D eigenvalue weighted by atomic mass is 19.4. The number of alkyl halides is 3. The van der Waals surface area contributed by atoms with Crippen molar-refractivity contribution in [3.63, 3.8) is 0 Å². The van der Waals surface area contributed by atoms with E-state index in [-0.39, 0.29) is 11.7 Å². The average Bonchev–Trinajstić information content (AvgIpc) is 2.52. The average molecular weight is 340 g/mol. The second-order valence-electron chi connectivity index (χ2n) is 5.95. The van der Waals surface area contributed by atoms with Crippen molar-refractivity contribution in [2.24, 2.45) is 0 Å². The second kappa shape index (κ2) is 6.83. The van der Waals surface area contributed by atoms with E-state index in [0.29, 0.717) is 34.4 Å². The SMILES string of the molecule is CCc1cc(C(F)(F)F)ccc1-c1cc(C(C)C)c(F)cc1OC. The molecule has 2 rings (SSSR count). The van der Waals surface area contributed by atoms with Gasteiger partial charge in [0.2, 0.25) is 0 Å². The molecule has 0 aliphatic carbocycles. The topological polar surface area (TPSA) is 9.23 Å². The molecule has 24 heavy (non-hydrogen) atoms. The van der Waals surface area contributed by atoms with E-state index in [9.17, 15) is 17.6 Å². The van der Waals surface area contributed by atoms with Crippen molar-refractivity contribution < 1.29 is 22.3 Å². The fraction of sp³-hybridized carbons (Fsp3) is 0.368. The van der Waals surface area contributed by atoms with Crippen molar-refractivity contribution in [2.75, 3.05) is 7.11 Å². The van der Waals surface area contributed by atoms with Crippen LogP contribution in [0.25, 0.3) is 11.1 Å². The van der Waals surface area contributed by atoms with Crippen LogP contribution in [0.1, 0.15) is 43.4 Å². The molecule has 0 spiro atoms. The Hall–Kier alpha value is -2.04. The van der Waals surface area contributed by atoms with Gasteiger partial charge in [0.15, 0.2) is 0 Å². The van der Waals surface area contributed by atoms with E-state index in [2.05, 4.69) is 0 Å². The van der Waals surface area contributed by atoms with Crippen molar-refractivity contribution in [3.05, 3.63) is 52.8 Å². The fourth-order valence-electron chi connectivity index (χ4n) is 2.72. The van der Waals surface area contributed by atoms with Crippen LogP contribution < -0.4 is 4.74 Å². The summed E-state index contributed by atoms with van der Waals surface area (Å²) in [6, 6.07) is 6.59. The van der Waals surface area contributed by atoms with Gasteiger partial charge >= 0.3 is 6.18 Å². The molecule has 0 aliphatic rings. The fourth-order valence-corrected chi connectivity index (χ4v) is 2.72.